The van der Waals surface area contributed by atoms with Crippen LogP contribution in [0.5, 0.6) is 0 Å². The van der Waals surface area contributed by atoms with Gasteiger partial charge in [-0.3, -0.25) is 9.59 Å². The third-order valence-electron chi connectivity index (χ3n) is 5.65. The Morgan fingerprint density at radius 3 is 2.67 bits per heavy atom. The third kappa shape index (κ3) is 3.45. The monoisotopic (exact) mass is 385 g/mol. The van der Waals surface area contributed by atoms with E-state index in [4.69, 9.17) is 5.73 Å². The molecule has 2 aromatic carbocycles. The van der Waals surface area contributed by atoms with Crippen LogP contribution in [-0.4, -0.2) is 24.9 Å². The fourth-order valence-electron chi connectivity index (χ4n) is 4.23. The van der Waals surface area contributed by atoms with Crippen molar-refractivity contribution in [2.45, 2.75) is 24.7 Å². The van der Waals surface area contributed by atoms with Crippen LogP contribution in [0.25, 0.3) is 0 Å². The lowest BCUT2D eigenvalue weighted by Gasteiger charge is -2.14. The van der Waals surface area contributed by atoms with E-state index < -0.39 is 0 Å². The first-order valence-corrected chi connectivity index (χ1v) is 9.12. The van der Waals surface area contributed by atoms with Crippen LogP contribution < -0.4 is 16.4 Å². The van der Waals surface area contributed by atoms with Gasteiger partial charge in [-0.15, -0.1) is 12.4 Å². The lowest BCUT2D eigenvalue weighted by Crippen LogP contribution is -2.30. The third-order valence-corrected chi connectivity index (χ3v) is 5.65. The van der Waals surface area contributed by atoms with Gasteiger partial charge >= 0.3 is 0 Å². The molecule has 0 aromatic heterocycles. The molecule has 2 amide bonds. The smallest absolute Gasteiger partial charge is 0.253 e. The van der Waals surface area contributed by atoms with Crippen LogP contribution in [0.15, 0.2) is 48.5 Å². The van der Waals surface area contributed by atoms with Crippen LogP contribution in [0, 0.1) is 5.92 Å². The zero-order valence-electron chi connectivity index (χ0n) is 15.0. The van der Waals surface area contributed by atoms with Gasteiger partial charge in [0.25, 0.3) is 5.91 Å². The lowest BCUT2D eigenvalue weighted by atomic mass is 9.95. The molecule has 0 radical (unpaired) electrons. The molecule has 4 rings (SSSR count). The predicted molar refractivity (Wildman–Crippen MR) is 108 cm³/mol. The predicted octanol–water partition coefficient (Wildman–Crippen LogP) is 2.64. The summed E-state index contributed by atoms with van der Waals surface area (Å²) in [7, 11) is 0. The second-order valence-electron chi connectivity index (χ2n) is 7.15. The van der Waals surface area contributed by atoms with E-state index in [1.165, 1.54) is 11.1 Å². The number of rotatable bonds is 5. The van der Waals surface area contributed by atoms with Crippen molar-refractivity contribution in [1.29, 1.82) is 0 Å². The largest absolute Gasteiger partial charge is 0.351 e. The highest BCUT2D eigenvalue weighted by Gasteiger charge is 2.61. The van der Waals surface area contributed by atoms with Crippen molar-refractivity contribution in [2.75, 3.05) is 18.4 Å². The maximum atomic E-state index is 12.9. The van der Waals surface area contributed by atoms with E-state index in [0.717, 1.165) is 19.3 Å². The minimum Gasteiger partial charge on any atom is -0.351 e. The minimum atomic E-state index is -0.219. The molecule has 2 atom stereocenters. The number of amides is 2. The molecule has 0 bridgehead atoms. The number of nitrogens with two attached hydrogens (primary N) is 1. The SMILES string of the molecule is Cl.NCCNC(=O)c1ccccc1NC(=O)C1CC12CCc1ccccc12. The van der Waals surface area contributed by atoms with Gasteiger partial charge in [-0.2, -0.15) is 0 Å². The van der Waals surface area contributed by atoms with E-state index in [1.807, 2.05) is 6.07 Å². The van der Waals surface area contributed by atoms with Crippen molar-refractivity contribution in [3.63, 3.8) is 0 Å². The molecule has 2 aliphatic carbocycles. The average Bonchev–Trinajstić information content (AvgIpc) is 3.29. The van der Waals surface area contributed by atoms with Crippen LogP contribution in [-0.2, 0) is 16.6 Å². The summed E-state index contributed by atoms with van der Waals surface area (Å²) in [5.74, 6) is -0.241. The first-order chi connectivity index (χ1) is 12.7. The van der Waals surface area contributed by atoms with Gasteiger partial charge in [0.05, 0.1) is 11.3 Å². The minimum absolute atomic E-state index is 0. The Morgan fingerprint density at radius 2 is 1.85 bits per heavy atom. The quantitative estimate of drug-likeness (QED) is 0.739. The van der Waals surface area contributed by atoms with Crippen LogP contribution in [0.2, 0.25) is 0 Å². The van der Waals surface area contributed by atoms with E-state index in [-0.39, 0.29) is 35.6 Å². The second-order valence-corrected chi connectivity index (χ2v) is 7.15. The van der Waals surface area contributed by atoms with Gasteiger partial charge in [-0.05, 0) is 42.5 Å². The number of anilines is 1. The standard InChI is InChI=1S/C21H23N3O2.ClH/c22-11-12-23-19(25)15-6-2-4-8-18(15)24-20(26)17-13-21(17)10-9-14-5-1-3-7-16(14)21;/h1-8,17H,9-13,22H2,(H,23,25)(H,24,26);1H. The molecule has 0 aliphatic heterocycles. The van der Waals surface area contributed by atoms with Gasteiger partial charge in [-0.25, -0.2) is 0 Å². The Hall–Kier alpha value is -2.37. The number of halogens is 1. The van der Waals surface area contributed by atoms with Crippen LogP contribution in [0.1, 0.15) is 34.3 Å². The van der Waals surface area contributed by atoms with E-state index in [2.05, 4.69) is 34.9 Å². The Morgan fingerprint density at radius 1 is 1.11 bits per heavy atom. The molecule has 4 N–H and O–H groups in total. The molecule has 2 unspecified atom stereocenters. The van der Waals surface area contributed by atoms with Crippen molar-refractivity contribution in [1.82, 2.24) is 5.32 Å². The first kappa shape index (κ1) is 19.4. The Bertz CT molecular complexity index is 870. The summed E-state index contributed by atoms with van der Waals surface area (Å²) in [6.07, 6.45) is 2.96. The second kappa shape index (κ2) is 7.71. The summed E-state index contributed by atoms with van der Waals surface area (Å²) in [5.41, 5.74) is 9.16. The number of hydrogen-bond donors (Lipinski definition) is 3. The van der Waals surface area contributed by atoms with E-state index in [1.54, 1.807) is 18.2 Å². The van der Waals surface area contributed by atoms with Gasteiger partial charge in [-0.1, -0.05) is 36.4 Å². The van der Waals surface area contributed by atoms with Crippen LogP contribution >= 0.6 is 12.4 Å². The van der Waals surface area contributed by atoms with Gasteiger partial charge in [0, 0.05) is 24.4 Å². The molecular formula is C21H24ClN3O2. The summed E-state index contributed by atoms with van der Waals surface area (Å²) in [6.45, 7) is 0.786. The molecule has 0 heterocycles. The summed E-state index contributed by atoms with van der Waals surface area (Å²) in [5, 5.41) is 5.73. The highest BCUT2D eigenvalue weighted by molar-refractivity contribution is 6.05. The van der Waals surface area contributed by atoms with Gasteiger partial charge in [0.1, 0.15) is 0 Å². The highest BCUT2D eigenvalue weighted by Crippen LogP contribution is 2.61. The Labute approximate surface area is 165 Å². The first-order valence-electron chi connectivity index (χ1n) is 9.12. The number of nitrogens with one attached hydrogen (secondary N) is 2. The van der Waals surface area contributed by atoms with Gasteiger partial charge in [0.15, 0.2) is 0 Å². The summed E-state index contributed by atoms with van der Waals surface area (Å²) in [6, 6.07) is 15.5. The number of aryl methyl sites for hydroxylation is 1. The summed E-state index contributed by atoms with van der Waals surface area (Å²) in [4.78, 5) is 25.2. The van der Waals surface area contributed by atoms with Crippen LogP contribution in [0.4, 0.5) is 5.69 Å². The number of para-hydroxylation sites is 1. The molecule has 142 valence electrons. The maximum absolute atomic E-state index is 12.9. The molecule has 1 saturated carbocycles. The molecular weight excluding hydrogens is 362 g/mol. The zero-order valence-corrected chi connectivity index (χ0v) is 15.9. The average molecular weight is 386 g/mol. The molecule has 2 aliphatic rings. The Kier molecular flexibility index (Phi) is 5.53. The molecule has 1 fully saturated rings. The molecule has 2 aromatic rings. The van der Waals surface area contributed by atoms with Gasteiger partial charge < -0.3 is 16.4 Å². The van der Waals surface area contributed by atoms with Crippen molar-refractivity contribution < 1.29 is 9.59 Å². The molecule has 1 spiro atoms. The highest BCUT2D eigenvalue weighted by atomic mass is 35.5. The van der Waals surface area contributed by atoms with E-state index >= 15 is 0 Å². The maximum Gasteiger partial charge on any atom is 0.253 e. The zero-order chi connectivity index (χ0) is 18.1. The summed E-state index contributed by atoms with van der Waals surface area (Å²) >= 11 is 0. The molecule has 6 heteroatoms. The fraction of sp³-hybridized carbons (Fsp3) is 0.333. The van der Waals surface area contributed by atoms with Crippen LogP contribution in [0.3, 0.4) is 0 Å². The van der Waals surface area contributed by atoms with Crippen molar-refractivity contribution in [3.05, 3.63) is 65.2 Å². The summed E-state index contributed by atoms with van der Waals surface area (Å²) < 4.78 is 0. The van der Waals surface area contributed by atoms with Crippen molar-refractivity contribution >= 4 is 29.9 Å². The van der Waals surface area contributed by atoms with Gasteiger partial charge in [0.2, 0.25) is 5.91 Å². The fourth-order valence-corrected chi connectivity index (χ4v) is 4.23. The molecule has 27 heavy (non-hydrogen) atoms. The number of carbonyl (C=O) groups excluding carboxylic acids is 2. The van der Waals surface area contributed by atoms with Crippen molar-refractivity contribution in [2.24, 2.45) is 11.7 Å². The number of benzene rings is 2. The number of fused-ring (bicyclic) bond motifs is 2. The topological polar surface area (TPSA) is 84.2 Å². The lowest BCUT2D eigenvalue weighted by molar-refractivity contribution is -0.117. The number of carbonyl (C=O) groups is 2. The number of hydrogen-bond acceptors (Lipinski definition) is 3. The molecule has 0 saturated heterocycles. The van der Waals surface area contributed by atoms with E-state index in [0.29, 0.717) is 24.3 Å². The van der Waals surface area contributed by atoms with Crippen molar-refractivity contribution in [3.8, 4) is 0 Å². The Balaban J connectivity index is 0.00000210. The van der Waals surface area contributed by atoms with E-state index in [9.17, 15) is 9.59 Å². The molecule has 5 nitrogen and oxygen atoms in total. The normalized spacial score (nSPS) is 21.9.